The van der Waals surface area contributed by atoms with Crippen LogP contribution in [0.5, 0.6) is 0 Å². The molecule has 1 saturated carbocycles. The molecule has 3 fully saturated rings. The molecule has 1 aromatic rings. The van der Waals surface area contributed by atoms with Gasteiger partial charge in [0.1, 0.15) is 0 Å². The van der Waals surface area contributed by atoms with Crippen LogP contribution in [0.4, 0.5) is 5.69 Å². The van der Waals surface area contributed by atoms with E-state index in [9.17, 15) is 14.4 Å². The number of hydrogen-bond donors (Lipinski definition) is 2. The third-order valence-corrected chi connectivity index (χ3v) is 6.49. The number of amides is 3. The zero-order valence-corrected chi connectivity index (χ0v) is 17.4. The molecule has 1 aliphatic carbocycles. The molecule has 0 unspecified atom stereocenters. The monoisotopic (exact) mass is 413 g/mol. The number of anilines is 1. The Labute approximate surface area is 177 Å². The van der Waals surface area contributed by atoms with E-state index in [1.807, 2.05) is 4.90 Å². The van der Waals surface area contributed by atoms with Gasteiger partial charge in [-0.25, -0.2) is 0 Å². The predicted molar refractivity (Wildman–Crippen MR) is 113 cm³/mol. The van der Waals surface area contributed by atoms with Crippen molar-refractivity contribution in [2.24, 2.45) is 5.92 Å². The quantitative estimate of drug-likeness (QED) is 0.751. The first-order chi connectivity index (χ1) is 14.6. The standard InChI is InChI=1S/C23H31N3O4/c27-21-13-16(15-26(21)17-7-2-1-3-8-17)22(28)25-20-11-5-4-10-19(20)23(29)24-14-18-9-6-12-30-18/h4-5,10-11,16-18H,1-3,6-9,12-15H2,(H,24,29)(H,25,28)/t16-,18-/m1/s1. The fourth-order valence-corrected chi connectivity index (χ4v) is 4.78. The summed E-state index contributed by atoms with van der Waals surface area (Å²) < 4.78 is 5.55. The van der Waals surface area contributed by atoms with Crippen molar-refractivity contribution in [1.29, 1.82) is 0 Å². The topological polar surface area (TPSA) is 87.7 Å². The van der Waals surface area contributed by atoms with Gasteiger partial charge in [-0.15, -0.1) is 0 Å². The van der Waals surface area contributed by atoms with Crippen LogP contribution in [0.1, 0.15) is 61.7 Å². The third-order valence-electron chi connectivity index (χ3n) is 6.49. The minimum Gasteiger partial charge on any atom is -0.376 e. The van der Waals surface area contributed by atoms with E-state index in [1.54, 1.807) is 24.3 Å². The highest BCUT2D eigenvalue weighted by molar-refractivity contribution is 6.05. The summed E-state index contributed by atoms with van der Waals surface area (Å²) in [6, 6.07) is 7.28. The first-order valence-corrected chi connectivity index (χ1v) is 11.2. The van der Waals surface area contributed by atoms with Crippen LogP contribution in [0.25, 0.3) is 0 Å². The molecule has 0 aromatic heterocycles. The number of carbonyl (C=O) groups excluding carboxylic acids is 3. The largest absolute Gasteiger partial charge is 0.376 e. The number of benzene rings is 1. The maximum Gasteiger partial charge on any atom is 0.253 e. The van der Waals surface area contributed by atoms with Gasteiger partial charge in [0, 0.05) is 32.2 Å². The van der Waals surface area contributed by atoms with Crippen LogP contribution in [-0.2, 0) is 14.3 Å². The fourth-order valence-electron chi connectivity index (χ4n) is 4.78. The van der Waals surface area contributed by atoms with Gasteiger partial charge in [0.25, 0.3) is 5.91 Å². The second-order valence-corrected chi connectivity index (χ2v) is 8.62. The predicted octanol–water partition coefficient (Wildman–Crippen LogP) is 2.72. The SMILES string of the molecule is O=C(NC[C@H]1CCCO1)c1ccccc1NC(=O)[C@@H]1CC(=O)N(C2CCCCC2)C1. The summed E-state index contributed by atoms with van der Waals surface area (Å²) in [4.78, 5) is 39.9. The van der Waals surface area contributed by atoms with Gasteiger partial charge in [-0.1, -0.05) is 31.4 Å². The first kappa shape index (κ1) is 20.8. The molecule has 4 rings (SSSR count). The average molecular weight is 414 g/mol. The zero-order valence-electron chi connectivity index (χ0n) is 17.4. The Balaban J connectivity index is 1.36. The smallest absolute Gasteiger partial charge is 0.253 e. The number of para-hydroxylation sites is 1. The summed E-state index contributed by atoms with van der Waals surface area (Å²) in [6.45, 7) is 1.68. The summed E-state index contributed by atoms with van der Waals surface area (Å²) in [5.74, 6) is -0.721. The summed E-state index contributed by atoms with van der Waals surface area (Å²) >= 11 is 0. The first-order valence-electron chi connectivity index (χ1n) is 11.2. The number of nitrogens with one attached hydrogen (secondary N) is 2. The van der Waals surface area contributed by atoms with Crippen LogP contribution >= 0.6 is 0 Å². The van der Waals surface area contributed by atoms with E-state index in [2.05, 4.69) is 10.6 Å². The van der Waals surface area contributed by atoms with Crippen molar-refractivity contribution >= 4 is 23.4 Å². The Kier molecular flexibility index (Phi) is 6.67. The van der Waals surface area contributed by atoms with Crippen LogP contribution in [0.3, 0.4) is 0 Å². The van der Waals surface area contributed by atoms with Crippen LogP contribution in [0, 0.1) is 5.92 Å². The molecule has 0 radical (unpaired) electrons. The summed E-state index contributed by atoms with van der Waals surface area (Å²) in [5, 5.41) is 5.80. The normalized spacial score (nSPS) is 24.8. The Morgan fingerprint density at radius 3 is 2.63 bits per heavy atom. The van der Waals surface area contributed by atoms with Gasteiger partial charge < -0.3 is 20.3 Å². The van der Waals surface area contributed by atoms with Crippen LogP contribution in [-0.4, -0.2) is 54.5 Å². The maximum absolute atomic E-state index is 12.9. The van der Waals surface area contributed by atoms with E-state index in [0.717, 1.165) is 45.1 Å². The third kappa shape index (κ3) is 4.83. The van der Waals surface area contributed by atoms with Crippen LogP contribution in [0.2, 0.25) is 0 Å². The molecule has 162 valence electrons. The highest BCUT2D eigenvalue weighted by Crippen LogP contribution is 2.29. The Morgan fingerprint density at radius 1 is 1.07 bits per heavy atom. The highest BCUT2D eigenvalue weighted by Gasteiger charge is 2.38. The molecular formula is C23H31N3O4. The maximum atomic E-state index is 12.9. The van der Waals surface area contributed by atoms with Crippen molar-refractivity contribution in [3.05, 3.63) is 29.8 Å². The van der Waals surface area contributed by atoms with Crippen molar-refractivity contribution in [1.82, 2.24) is 10.2 Å². The average Bonchev–Trinajstić information content (AvgIpc) is 3.43. The molecule has 2 heterocycles. The molecule has 2 atom stereocenters. The van der Waals surface area contributed by atoms with E-state index in [-0.39, 0.29) is 42.2 Å². The molecule has 2 saturated heterocycles. The number of carbonyl (C=O) groups is 3. The lowest BCUT2D eigenvalue weighted by Gasteiger charge is -2.31. The molecule has 2 aliphatic heterocycles. The van der Waals surface area contributed by atoms with E-state index in [0.29, 0.717) is 24.3 Å². The van der Waals surface area contributed by atoms with E-state index >= 15 is 0 Å². The van der Waals surface area contributed by atoms with Gasteiger partial charge in [-0.3, -0.25) is 14.4 Å². The Morgan fingerprint density at radius 2 is 1.87 bits per heavy atom. The summed E-state index contributed by atoms with van der Waals surface area (Å²) in [7, 11) is 0. The lowest BCUT2D eigenvalue weighted by atomic mass is 9.94. The second-order valence-electron chi connectivity index (χ2n) is 8.62. The molecular weight excluding hydrogens is 382 g/mol. The zero-order chi connectivity index (χ0) is 20.9. The molecule has 30 heavy (non-hydrogen) atoms. The number of likely N-dealkylation sites (tertiary alicyclic amines) is 1. The molecule has 7 nitrogen and oxygen atoms in total. The summed E-state index contributed by atoms with van der Waals surface area (Å²) in [5.41, 5.74) is 0.910. The Hall–Kier alpha value is -2.41. The van der Waals surface area contributed by atoms with Gasteiger partial charge in [-0.05, 0) is 37.8 Å². The van der Waals surface area contributed by atoms with E-state index in [4.69, 9.17) is 4.74 Å². The minimum absolute atomic E-state index is 0.0611. The number of hydrogen-bond acceptors (Lipinski definition) is 4. The number of ether oxygens (including phenoxy) is 1. The molecule has 2 N–H and O–H groups in total. The van der Waals surface area contributed by atoms with Gasteiger partial charge in [-0.2, -0.15) is 0 Å². The number of nitrogens with zero attached hydrogens (tertiary/aromatic N) is 1. The van der Waals surface area contributed by atoms with Crippen molar-refractivity contribution < 1.29 is 19.1 Å². The van der Waals surface area contributed by atoms with E-state index < -0.39 is 0 Å². The fraction of sp³-hybridized carbons (Fsp3) is 0.609. The van der Waals surface area contributed by atoms with Gasteiger partial charge in [0.05, 0.1) is 23.3 Å². The molecule has 3 aliphatic rings. The molecule has 7 heteroatoms. The van der Waals surface area contributed by atoms with E-state index in [1.165, 1.54) is 6.42 Å². The van der Waals surface area contributed by atoms with Gasteiger partial charge in [0.2, 0.25) is 11.8 Å². The minimum atomic E-state index is -0.373. The van der Waals surface area contributed by atoms with Crippen LogP contribution in [0.15, 0.2) is 24.3 Å². The highest BCUT2D eigenvalue weighted by atomic mass is 16.5. The molecule has 1 aromatic carbocycles. The van der Waals surface area contributed by atoms with Crippen LogP contribution < -0.4 is 10.6 Å². The van der Waals surface area contributed by atoms with Crippen molar-refractivity contribution in [2.45, 2.75) is 63.5 Å². The van der Waals surface area contributed by atoms with Crippen molar-refractivity contribution in [3.8, 4) is 0 Å². The van der Waals surface area contributed by atoms with Crippen molar-refractivity contribution in [2.75, 3.05) is 25.0 Å². The second kappa shape index (κ2) is 9.60. The molecule has 3 amide bonds. The lowest BCUT2D eigenvalue weighted by Crippen LogP contribution is -2.38. The molecule has 0 spiro atoms. The van der Waals surface area contributed by atoms with Crippen molar-refractivity contribution in [3.63, 3.8) is 0 Å². The van der Waals surface area contributed by atoms with Gasteiger partial charge in [0.15, 0.2) is 0 Å². The number of rotatable bonds is 6. The summed E-state index contributed by atoms with van der Waals surface area (Å²) in [6.07, 6.45) is 7.88. The Bertz CT molecular complexity index is 784. The molecule has 0 bridgehead atoms. The van der Waals surface area contributed by atoms with Gasteiger partial charge >= 0.3 is 0 Å². The lowest BCUT2D eigenvalue weighted by molar-refractivity contribution is -0.130.